The summed E-state index contributed by atoms with van der Waals surface area (Å²) in [5.41, 5.74) is -0.792. The first-order valence-corrected chi connectivity index (χ1v) is 13.8. The molecule has 1 aromatic heterocycles. The monoisotopic (exact) mass is 523 g/mol. The number of thiophene rings is 1. The fourth-order valence-electron chi connectivity index (χ4n) is 4.83. The Hall–Kier alpha value is -2.69. The van der Waals surface area contributed by atoms with Crippen LogP contribution in [0.3, 0.4) is 0 Å². The van der Waals surface area contributed by atoms with Crippen LogP contribution in [0.15, 0.2) is 21.7 Å². The van der Waals surface area contributed by atoms with Gasteiger partial charge in [0, 0.05) is 19.1 Å². The van der Waals surface area contributed by atoms with Gasteiger partial charge in [-0.15, -0.1) is 11.3 Å². The molecule has 4 heterocycles. The number of piperazine rings is 1. The maximum atomic E-state index is 13.4. The Morgan fingerprint density at radius 3 is 2.71 bits per heavy atom. The van der Waals surface area contributed by atoms with Crippen molar-refractivity contribution in [3.8, 4) is 6.07 Å². The lowest BCUT2D eigenvalue weighted by Gasteiger charge is -2.36. The average molecular weight is 524 g/mol. The summed E-state index contributed by atoms with van der Waals surface area (Å²) in [7, 11) is -3.79. The molecule has 4 atom stereocenters. The van der Waals surface area contributed by atoms with Crippen molar-refractivity contribution in [1.82, 2.24) is 19.4 Å². The molecule has 3 fully saturated rings. The van der Waals surface area contributed by atoms with Crippen molar-refractivity contribution in [3.63, 3.8) is 0 Å². The van der Waals surface area contributed by atoms with Gasteiger partial charge in [-0.25, -0.2) is 13.2 Å². The third-order valence-corrected chi connectivity index (χ3v) is 9.60. The molecule has 3 aliphatic rings. The predicted octanol–water partition coefficient (Wildman–Crippen LogP) is 1.13. The summed E-state index contributed by atoms with van der Waals surface area (Å²) in [6.07, 6.45) is 0.736. The summed E-state index contributed by atoms with van der Waals surface area (Å²) >= 11 is 1.10. The fourth-order valence-corrected chi connectivity index (χ4v) is 7.58. The van der Waals surface area contributed by atoms with Crippen molar-refractivity contribution in [2.45, 2.75) is 74.0 Å². The summed E-state index contributed by atoms with van der Waals surface area (Å²) in [6.45, 7) is 5.47. The summed E-state index contributed by atoms with van der Waals surface area (Å²) in [4.78, 5) is 42.0. The number of rotatable bonds is 6. The van der Waals surface area contributed by atoms with Gasteiger partial charge in [-0.3, -0.25) is 9.59 Å². The van der Waals surface area contributed by atoms with Gasteiger partial charge in [0.2, 0.25) is 11.8 Å². The quantitative estimate of drug-likeness (QED) is 0.589. The SMILES string of the molecule is CC(C)(C)OC(=O)N[C@@H](CN1C(=O)[C@@H]2C[C@H]1CN2S(=O)(=O)c1cccs1)C(=O)N1CCC[C@H]1C#N. The van der Waals surface area contributed by atoms with Crippen molar-refractivity contribution in [2.75, 3.05) is 19.6 Å². The highest BCUT2D eigenvalue weighted by atomic mass is 32.2. The molecule has 190 valence electrons. The normalized spacial score (nSPS) is 25.5. The van der Waals surface area contributed by atoms with E-state index in [1.54, 1.807) is 32.2 Å². The molecule has 13 heteroatoms. The number of carbonyl (C=O) groups is 3. The molecule has 2 bridgehead atoms. The second-order valence-electron chi connectivity index (χ2n) is 9.92. The highest BCUT2D eigenvalue weighted by Crippen LogP contribution is 2.37. The Balaban J connectivity index is 1.51. The van der Waals surface area contributed by atoms with Crippen LogP contribution in [0.5, 0.6) is 0 Å². The van der Waals surface area contributed by atoms with Crippen LogP contribution >= 0.6 is 11.3 Å². The average Bonchev–Trinajstić information content (AvgIpc) is 3.56. The lowest BCUT2D eigenvalue weighted by atomic mass is 10.1. The van der Waals surface area contributed by atoms with Crippen molar-refractivity contribution < 1.29 is 27.5 Å². The van der Waals surface area contributed by atoms with Gasteiger partial charge in [0.25, 0.3) is 10.0 Å². The smallest absolute Gasteiger partial charge is 0.408 e. The van der Waals surface area contributed by atoms with E-state index in [0.29, 0.717) is 25.8 Å². The third-order valence-electron chi connectivity index (χ3n) is 6.35. The van der Waals surface area contributed by atoms with E-state index in [9.17, 15) is 28.1 Å². The molecule has 1 aromatic rings. The molecular formula is C22H29N5O6S2. The van der Waals surface area contributed by atoms with Gasteiger partial charge in [0.15, 0.2) is 0 Å². The fraction of sp³-hybridized carbons (Fsp3) is 0.636. The number of amides is 3. The zero-order chi connectivity index (χ0) is 25.5. The highest BCUT2D eigenvalue weighted by Gasteiger charge is 2.55. The molecule has 0 radical (unpaired) electrons. The maximum absolute atomic E-state index is 13.4. The van der Waals surface area contributed by atoms with Gasteiger partial charge >= 0.3 is 6.09 Å². The van der Waals surface area contributed by atoms with Crippen LogP contribution < -0.4 is 5.32 Å². The molecule has 3 aliphatic heterocycles. The van der Waals surface area contributed by atoms with E-state index >= 15 is 0 Å². The molecule has 11 nitrogen and oxygen atoms in total. The van der Waals surface area contributed by atoms with Crippen molar-refractivity contribution in [1.29, 1.82) is 5.26 Å². The number of sulfonamides is 1. The molecule has 0 spiro atoms. The van der Waals surface area contributed by atoms with E-state index in [2.05, 4.69) is 11.4 Å². The van der Waals surface area contributed by atoms with Crippen molar-refractivity contribution in [3.05, 3.63) is 17.5 Å². The van der Waals surface area contributed by atoms with Crippen LogP contribution in [0.2, 0.25) is 0 Å². The molecule has 0 unspecified atom stereocenters. The Labute approximate surface area is 208 Å². The van der Waals surface area contributed by atoms with Gasteiger partial charge in [-0.2, -0.15) is 9.57 Å². The van der Waals surface area contributed by atoms with Crippen LogP contribution in [0.4, 0.5) is 4.79 Å². The minimum Gasteiger partial charge on any atom is -0.444 e. The van der Waals surface area contributed by atoms with Crippen LogP contribution in [0, 0.1) is 11.3 Å². The van der Waals surface area contributed by atoms with Gasteiger partial charge in [-0.1, -0.05) is 6.07 Å². The number of hydrogen-bond donors (Lipinski definition) is 1. The Morgan fingerprint density at radius 2 is 2.11 bits per heavy atom. The van der Waals surface area contributed by atoms with E-state index in [4.69, 9.17) is 4.74 Å². The molecule has 3 saturated heterocycles. The van der Waals surface area contributed by atoms with E-state index in [1.165, 1.54) is 20.2 Å². The Morgan fingerprint density at radius 1 is 1.37 bits per heavy atom. The van der Waals surface area contributed by atoms with Crippen LogP contribution in [0.1, 0.15) is 40.0 Å². The first-order valence-electron chi connectivity index (χ1n) is 11.5. The second kappa shape index (κ2) is 9.40. The van der Waals surface area contributed by atoms with Crippen LogP contribution in [-0.4, -0.2) is 89.8 Å². The molecule has 35 heavy (non-hydrogen) atoms. The molecule has 4 rings (SSSR count). The number of fused-ring (bicyclic) bond motifs is 2. The summed E-state index contributed by atoms with van der Waals surface area (Å²) < 4.78 is 32.7. The lowest BCUT2D eigenvalue weighted by Crippen LogP contribution is -2.59. The van der Waals surface area contributed by atoms with Gasteiger partial charge in [0.1, 0.15) is 27.9 Å². The van der Waals surface area contributed by atoms with E-state index in [-0.39, 0.29) is 17.3 Å². The summed E-state index contributed by atoms with van der Waals surface area (Å²) in [6, 6.07) is 2.29. The molecule has 1 N–H and O–H groups in total. The van der Waals surface area contributed by atoms with Crippen LogP contribution in [-0.2, 0) is 24.3 Å². The Kier molecular flexibility index (Phi) is 6.82. The molecule has 0 aliphatic carbocycles. The largest absolute Gasteiger partial charge is 0.444 e. The zero-order valence-corrected chi connectivity index (χ0v) is 21.5. The summed E-state index contributed by atoms with van der Waals surface area (Å²) in [5, 5.41) is 13.7. The van der Waals surface area contributed by atoms with Gasteiger partial charge < -0.3 is 19.9 Å². The van der Waals surface area contributed by atoms with Crippen LogP contribution in [0.25, 0.3) is 0 Å². The third kappa shape index (κ3) is 5.00. The van der Waals surface area contributed by atoms with Crippen molar-refractivity contribution in [2.24, 2.45) is 0 Å². The highest BCUT2D eigenvalue weighted by molar-refractivity contribution is 7.91. The minimum atomic E-state index is -3.79. The van der Waals surface area contributed by atoms with Gasteiger partial charge in [0.05, 0.1) is 12.6 Å². The number of nitriles is 1. The minimum absolute atomic E-state index is 0.120. The Bertz CT molecular complexity index is 1140. The topological polar surface area (TPSA) is 140 Å². The number of carbonyl (C=O) groups excluding carboxylic acids is 3. The van der Waals surface area contributed by atoms with E-state index in [0.717, 1.165) is 11.3 Å². The van der Waals surface area contributed by atoms with E-state index < -0.39 is 57.7 Å². The number of nitrogens with zero attached hydrogens (tertiary/aromatic N) is 4. The van der Waals surface area contributed by atoms with E-state index in [1.807, 2.05) is 0 Å². The standard InChI is InChI=1S/C22H29N5O6S2/c1-22(2,3)33-21(30)24-16(19(28)25-8-4-6-14(25)11-23)13-26-15-10-17(20(26)29)27(12-15)35(31,32)18-7-5-9-34-18/h5,7,9,14-17H,4,6,8,10,12-13H2,1-3H3,(H,24,30)/t14-,15-,16-,17-/m0/s1. The maximum Gasteiger partial charge on any atom is 0.408 e. The molecule has 3 amide bonds. The van der Waals surface area contributed by atoms with Gasteiger partial charge in [-0.05, 0) is 51.5 Å². The van der Waals surface area contributed by atoms with Crippen molar-refractivity contribution >= 4 is 39.3 Å². The zero-order valence-electron chi connectivity index (χ0n) is 19.8. The molecule has 0 saturated carbocycles. The number of nitrogens with one attached hydrogen (secondary N) is 1. The lowest BCUT2D eigenvalue weighted by molar-refractivity contribution is -0.138. The molecule has 0 aromatic carbocycles. The predicted molar refractivity (Wildman–Crippen MR) is 126 cm³/mol. The number of likely N-dealkylation sites (tertiary alicyclic amines) is 2. The number of alkyl carbamates (subject to hydrolysis) is 1. The first-order chi connectivity index (χ1) is 16.4. The summed E-state index contributed by atoms with van der Waals surface area (Å²) in [5.74, 6) is -0.859. The first kappa shape index (κ1) is 25.4. The second-order valence-corrected chi connectivity index (χ2v) is 13.0. The number of hydrogen-bond acceptors (Lipinski definition) is 8. The molecular weight excluding hydrogens is 494 g/mol. The number of ether oxygens (including phenoxy) is 1.